The van der Waals surface area contributed by atoms with E-state index >= 15 is 0 Å². The third-order valence-corrected chi connectivity index (χ3v) is 9.13. The highest BCUT2D eigenvalue weighted by Gasteiger charge is 2.28. The summed E-state index contributed by atoms with van der Waals surface area (Å²) in [5.41, 5.74) is 4.78. The lowest BCUT2D eigenvalue weighted by Gasteiger charge is -2.31. The van der Waals surface area contributed by atoms with Crippen molar-refractivity contribution in [3.8, 4) is 33.1 Å². The number of nitro groups is 1. The number of benzene rings is 3. The predicted octanol–water partition coefficient (Wildman–Crippen LogP) is 7.74. The molecule has 1 amide bonds. The topological polar surface area (TPSA) is 115 Å². The number of aryl methyl sites for hydroxylation is 2. The van der Waals surface area contributed by atoms with Crippen molar-refractivity contribution in [1.82, 2.24) is 20.0 Å². The number of likely N-dealkylation sites (tertiary alicyclic amines) is 1. The SMILES string of the molecule is Cc1ccc(-c2sc(C3CCN(C(=O)CCc4nc(-c5cccc([N+](=O)[O-])c5)no4)CC3)nc2-c2ccc(Cl)cc2)cc1. The van der Waals surface area contributed by atoms with Gasteiger partial charge in [0, 0.05) is 60.1 Å². The third kappa shape index (κ3) is 6.50. The Labute approximate surface area is 257 Å². The van der Waals surface area contributed by atoms with E-state index in [4.69, 9.17) is 21.1 Å². The summed E-state index contributed by atoms with van der Waals surface area (Å²) in [6, 6.07) is 22.4. The van der Waals surface area contributed by atoms with Gasteiger partial charge in [0.2, 0.25) is 17.6 Å². The van der Waals surface area contributed by atoms with Crippen LogP contribution in [-0.2, 0) is 11.2 Å². The lowest BCUT2D eigenvalue weighted by Crippen LogP contribution is -2.38. The van der Waals surface area contributed by atoms with E-state index in [2.05, 4.69) is 41.3 Å². The van der Waals surface area contributed by atoms with Gasteiger partial charge in [-0.15, -0.1) is 11.3 Å². The van der Waals surface area contributed by atoms with E-state index in [0.29, 0.717) is 36.0 Å². The van der Waals surface area contributed by atoms with Gasteiger partial charge in [0.05, 0.1) is 20.5 Å². The zero-order valence-electron chi connectivity index (χ0n) is 23.4. The number of nitrogens with zero attached hydrogens (tertiary/aromatic N) is 5. The second-order valence-corrected chi connectivity index (χ2v) is 12.0. The summed E-state index contributed by atoms with van der Waals surface area (Å²) < 4.78 is 5.32. The number of nitro benzene ring substituents is 1. The van der Waals surface area contributed by atoms with E-state index in [1.54, 1.807) is 23.5 Å². The number of carbonyl (C=O) groups is 1. The molecule has 218 valence electrons. The van der Waals surface area contributed by atoms with Crippen LogP contribution in [0.15, 0.2) is 77.3 Å². The average molecular weight is 614 g/mol. The highest BCUT2D eigenvalue weighted by Crippen LogP contribution is 2.42. The first kappa shape index (κ1) is 28.7. The molecule has 11 heteroatoms. The Morgan fingerprint density at radius 2 is 1.74 bits per heavy atom. The molecule has 43 heavy (non-hydrogen) atoms. The van der Waals surface area contributed by atoms with Crippen molar-refractivity contribution in [3.63, 3.8) is 0 Å². The van der Waals surface area contributed by atoms with Gasteiger partial charge in [0.25, 0.3) is 5.69 Å². The first-order valence-corrected chi connectivity index (χ1v) is 15.2. The molecule has 1 aliphatic rings. The summed E-state index contributed by atoms with van der Waals surface area (Å²) in [7, 11) is 0. The summed E-state index contributed by atoms with van der Waals surface area (Å²) in [6.07, 6.45) is 2.22. The van der Waals surface area contributed by atoms with Crippen molar-refractivity contribution in [2.75, 3.05) is 13.1 Å². The van der Waals surface area contributed by atoms with Gasteiger partial charge >= 0.3 is 0 Å². The molecule has 0 bridgehead atoms. The minimum absolute atomic E-state index is 0.0369. The van der Waals surface area contributed by atoms with Gasteiger partial charge in [-0.25, -0.2) is 4.98 Å². The van der Waals surface area contributed by atoms with Crippen molar-refractivity contribution in [1.29, 1.82) is 0 Å². The first-order chi connectivity index (χ1) is 20.8. The smallest absolute Gasteiger partial charge is 0.270 e. The van der Waals surface area contributed by atoms with Crippen LogP contribution in [0.25, 0.3) is 33.1 Å². The number of piperidine rings is 1. The van der Waals surface area contributed by atoms with Crippen LogP contribution in [0.4, 0.5) is 5.69 Å². The molecule has 2 aromatic heterocycles. The molecule has 5 aromatic rings. The normalized spacial score (nSPS) is 13.8. The molecule has 0 aliphatic carbocycles. The van der Waals surface area contributed by atoms with Crippen LogP contribution >= 0.6 is 22.9 Å². The predicted molar refractivity (Wildman–Crippen MR) is 166 cm³/mol. The summed E-state index contributed by atoms with van der Waals surface area (Å²) in [6.45, 7) is 3.39. The molecule has 1 aliphatic heterocycles. The van der Waals surface area contributed by atoms with Crippen molar-refractivity contribution >= 4 is 34.5 Å². The fourth-order valence-electron chi connectivity index (χ4n) is 5.20. The van der Waals surface area contributed by atoms with E-state index in [9.17, 15) is 14.9 Å². The third-order valence-electron chi connectivity index (χ3n) is 7.61. The van der Waals surface area contributed by atoms with Gasteiger partial charge in [-0.2, -0.15) is 4.98 Å². The number of rotatable bonds is 8. The van der Waals surface area contributed by atoms with Crippen molar-refractivity contribution < 1.29 is 14.2 Å². The number of amides is 1. The van der Waals surface area contributed by atoms with E-state index in [-0.39, 0.29) is 29.8 Å². The number of hydrogen-bond acceptors (Lipinski definition) is 8. The van der Waals surface area contributed by atoms with Gasteiger partial charge in [-0.3, -0.25) is 14.9 Å². The maximum atomic E-state index is 13.0. The monoisotopic (exact) mass is 613 g/mol. The van der Waals surface area contributed by atoms with E-state index < -0.39 is 4.92 Å². The molecule has 0 N–H and O–H groups in total. The Bertz CT molecular complexity index is 1700. The maximum absolute atomic E-state index is 13.0. The number of aromatic nitrogens is 3. The average Bonchev–Trinajstić information content (AvgIpc) is 3.69. The fraction of sp³-hybridized carbons (Fsp3) is 0.250. The van der Waals surface area contributed by atoms with Crippen molar-refractivity contribution in [2.45, 2.75) is 38.5 Å². The maximum Gasteiger partial charge on any atom is 0.270 e. The molecular formula is C32H28ClN5O4S. The summed E-state index contributed by atoms with van der Waals surface area (Å²) >= 11 is 7.89. The molecule has 0 radical (unpaired) electrons. The molecule has 0 saturated carbocycles. The van der Waals surface area contributed by atoms with E-state index in [1.165, 1.54) is 17.7 Å². The number of non-ortho nitro benzene ring substituents is 1. The van der Waals surface area contributed by atoms with Crippen LogP contribution in [0, 0.1) is 17.0 Å². The van der Waals surface area contributed by atoms with E-state index in [1.807, 2.05) is 29.2 Å². The number of thiazole rings is 1. The molecule has 3 heterocycles. The highest BCUT2D eigenvalue weighted by atomic mass is 35.5. The van der Waals surface area contributed by atoms with Crippen LogP contribution in [0.2, 0.25) is 5.02 Å². The molecule has 0 spiro atoms. The summed E-state index contributed by atoms with van der Waals surface area (Å²) in [5.74, 6) is 0.895. The van der Waals surface area contributed by atoms with Gasteiger partial charge in [0.15, 0.2) is 0 Å². The van der Waals surface area contributed by atoms with Crippen LogP contribution in [0.1, 0.15) is 41.6 Å². The minimum atomic E-state index is -0.470. The molecular weight excluding hydrogens is 586 g/mol. The van der Waals surface area contributed by atoms with Gasteiger partial charge < -0.3 is 9.42 Å². The highest BCUT2D eigenvalue weighted by molar-refractivity contribution is 7.15. The van der Waals surface area contributed by atoms with E-state index in [0.717, 1.165) is 39.5 Å². The Morgan fingerprint density at radius 3 is 2.47 bits per heavy atom. The number of halogens is 1. The zero-order valence-corrected chi connectivity index (χ0v) is 25.0. The Morgan fingerprint density at radius 1 is 1.02 bits per heavy atom. The molecule has 1 fully saturated rings. The zero-order chi connectivity index (χ0) is 29.9. The van der Waals surface area contributed by atoms with Crippen LogP contribution in [-0.4, -0.2) is 43.9 Å². The lowest BCUT2D eigenvalue weighted by molar-refractivity contribution is -0.384. The molecule has 9 nitrogen and oxygen atoms in total. The fourth-order valence-corrected chi connectivity index (χ4v) is 6.58. The molecule has 0 atom stereocenters. The van der Waals surface area contributed by atoms with Gasteiger partial charge in [0.1, 0.15) is 0 Å². The van der Waals surface area contributed by atoms with Crippen molar-refractivity contribution in [3.05, 3.63) is 104 Å². The Kier molecular flexibility index (Phi) is 8.31. The standard InChI is InChI=1S/C32H28ClN5O4S/c1-20-5-7-22(8-6-20)30-29(21-9-11-25(33)12-10-21)35-32(43-30)23-15-17-37(18-16-23)28(39)14-13-27-34-31(36-42-27)24-3-2-4-26(19-24)38(40)41/h2-12,19,23H,13-18H2,1H3. The Hall–Kier alpha value is -4.41. The quantitative estimate of drug-likeness (QED) is 0.130. The van der Waals surface area contributed by atoms with Crippen LogP contribution in [0.5, 0.6) is 0 Å². The lowest BCUT2D eigenvalue weighted by atomic mass is 9.97. The van der Waals surface area contributed by atoms with Crippen LogP contribution < -0.4 is 0 Å². The van der Waals surface area contributed by atoms with Gasteiger partial charge in [-0.1, -0.05) is 70.9 Å². The first-order valence-electron chi connectivity index (χ1n) is 14.0. The molecule has 3 aromatic carbocycles. The molecule has 1 saturated heterocycles. The van der Waals surface area contributed by atoms with Crippen molar-refractivity contribution in [2.24, 2.45) is 0 Å². The number of carbonyl (C=O) groups excluding carboxylic acids is 1. The molecule has 6 rings (SSSR count). The largest absolute Gasteiger partial charge is 0.343 e. The second-order valence-electron chi connectivity index (χ2n) is 10.6. The summed E-state index contributed by atoms with van der Waals surface area (Å²) in [5, 5.41) is 16.8. The summed E-state index contributed by atoms with van der Waals surface area (Å²) in [4.78, 5) is 36.1. The minimum Gasteiger partial charge on any atom is -0.343 e. The second kappa shape index (κ2) is 12.4. The number of hydrogen-bond donors (Lipinski definition) is 0. The molecule has 0 unspecified atom stereocenters. The van der Waals surface area contributed by atoms with Gasteiger partial charge in [-0.05, 0) is 37.5 Å². The Balaban J connectivity index is 1.09. The van der Waals surface area contributed by atoms with Crippen LogP contribution in [0.3, 0.4) is 0 Å².